The van der Waals surface area contributed by atoms with Crippen molar-refractivity contribution in [3.63, 3.8) is 0 Å². The number of aromatic nitrogens is 1. The van der Waals surface area contributed by atoms with Gasteiger partial charge in [0.2, 0.25) is 0 Å². The normalized spacial score (nSPS) is 22.8. The Morgan fingerprint density at radius 2 is 2.28 bits per heavy atom. The highest BCUT2D eigenvalue weighted by molar-refractivity contribution is 6.03. The molecule has 4 rings (SSSR count). The van der Waals surface area contributed by atoms with Crippen LogP contribution in [-0.2, 0) is 15.9 Å². The average Bonchev–Trinajstić information content (AvgIpc) is 3.34. The third kappa shape index (κ3) is 3.02. The van der Waals surface area contributed by atoms with Crippen molar-refractivity contribution >= 4 is 11.8 Å². The average molecular weight is 343 g/mol. The first-order chi connectivity index (χ1) is 12.1. The number of aromatic amines is 1. The number of ketones is 1. The van der Waals surface area contributed by atoms with E-state index in [2.05, 4.69) is 4.98 Å². The fourth-order valence-corrected chi connectivity index (χ4v) is 3.78. The van der Waals surface area contributed by atoms with Gasteiger partial charge in [0, 0.05) is 30.2 Å². The van der Waals surface area contributed by atoms with E-state index in [9.17, 15) is 9.59 Å². The Bertz CT molecular complexity index is 783. The van der Waals surface area contributed by atoms with E-state index in [0.29, 0.717) is 29.7 Å². The summed E-state index contributed by atoms with van der Waals surface area (Å²) in [5.41, 5.74) is 2.47. The van der Waals surface area contributed by atoms with E-state index in [1.165, 1.54) is 0 Å². The van der Waals surface area contributed by atoms with Crippen LogP contribution in [0, 0.1) is 6.92 Å². The molecule has 0 radical (unpaired) electrons. The van der Waals surface area contributed by atoms with E-state index in [4.69, 9.17) is 13.9 Å². The van der Waals surface area contributed by atoms with Gasteiger partial charge in [-0.3, -0.25) is 4.79 Å². The maximum absolute atomic E-state index is 12.6. The van der Waals surface area contributed by atoms with Gasteiger partial charge in [-0.1, -0.05) is 0 Å². The van der Waals surface area contributed by atoms with Crippen LogP contribution in [0.1, 0.15) is 63.0 Å². The standard InChI is InChI=1S/C19H21NO5/c1-11-17-14(8-12(9-15(17)21)16-5-3-7-24-16)20-18(11)19(22)25-10-13-4-2-6-23-13/h3,5,7,12-13,20H,2,4,6,8-10H2,1H3/t12-,13-/m1/s1. The van der Waals surface area contributed by atoms with Crippen molar-refractivity contribution in [3.8, 4) is 0 Å². The lowest BCUT2D eigenvalue weighted by Gasteiger charge is -2.19. The summed E-state index contributed by atoms with van der Waals surface area (Å²) < 4.78 is 16.3. The van der Waals surface area contributed by atoms with Crippen molar-refractivity contribution in [2.75, 3.05) is 13.2 Å². The number of Topliss-reactive ketones (excluding diaryl/α,β-unsaturated/α-hetero) is 1. The zero-order valence-corrected chi connectivity index (χ0v) is 14.2. The van der Waals surface area contributed by atoms with Crippen molar-refractivity contribution in [2.45, 2.75) is 44.6 Å². The Labute approximate surface area is 145 Å². The first kappa shape index (κ1) is 16.1. The van der Waals surface area contributed by atoms with E-state index >= 15 is 0 Å². The summed E-state index contributed by atoms with van der Waals surface area (Å²) in [7, 11) is 0. The molecule has 6 nitrogen and oxygen atoms in total. The van der Waals surface area contributed by atoms with E-state index in [1.54, 1.807) is 13.2 Å². The number of hydrogen-bond acceptors (Lipinski definition) is 5. The highest BCUT2D eigenvalue weighted by Gasteiger charge is 2.33. The molecule has 2 aromatic rings. The van der Waals surface area contributed by atoms with Crippen molar-refractivity contribution in [1.82, 2.24) is 4.98 Å². The number of carbonyl (C=O) groups excluding carboxylic acids is 2. The summed E-state index contributed by atoms with van der Waals surface area (Å²) in [6.07, 6.45) is 4.55. The highest BCUT2D eigenvalue weighted by atomic mass is 16.6. The summed E-state index contributed by atoms with van der Waals surface area (Å²) >= 11 is 0. The summed E-state index contributed by atoms with van der Waals surface area (Å²) in [6, 6.07) is 3.71. The van der Waals surface area contributed by atoms with Gasteiger partial charge in [0.05, 0.1) is 12.4 Å². The highest BCUT2D eigenvalue weighted by Crippen LogP contribution is 2.35. The Morgan fingerprint density at radius 3 is 3.00 bits per heavy atom. The molecule has 1 aliphatic carbocycles. The van der Waals surface area contributed by atoms with Crippen molar-refractivity contribution in [2.24, 2.45) is 0 Å². The van der Waals surface area contributed by atoms with Crippen LogP contribution >= 0.6 is 0 Å². The predicted molar refractivity (Wildman–Crippen MR) is 88.9 cm³/mol. The molecule has 132 valence electrons. The molecular weight excluding hydrogens is 322 g/mol. The number of nitrogens with one attached hydrogen (secondary N) is 1. The Kier molecular flexibility index (Phi) is 4.21. The van der Waals surface area contributed by atoms with Crippen molar-refractivity contribution in [1.29, 1.82) is 0 Å². The first-order valence-electron chi connectivity index (χ1n) is 8.70. The maximum atomic E-state index is 12.6. The minimum absolute atomic E-state index is 0.00353. The molecule has 1 fully saturated rings. The molecular formula is C19H21NO5. The lowest BCUT2D eigenvalue weighted by Crippen LogP contribution is -2.18. The number of H-pyrrole nitrogens is 1. The second-order valence-corrected chi connectivity index (χ2v) is 6.76. The Hall–Kier alpha value is -2.34. The quantitative estimate of drug-likeness (QED) is 0.862. The Morgan fingerprint density at radius 1 is 1.40 bits per heavy atom. The molecule has 25 heavy (non-hydrogen) atoms. The van der Waals surface area contributed by atoms with Crippen molar-refractivity contribution in [3.05, 3.63) is 46.7 Å². The molecule has 1 saturated heterocycles. The predicted octanol–water partition coefficient (Wildman–Crippen LogP) is 3.16. The third-order valence-corrected chi connectivity index (χ3v) is 5.06. The van der Waals surface area contributed by atoms with Crippen LogP contribution in [-0.4, -0.2) is 36.1 Å². The summed E-state index contributed by atoms with van der Waals surface area (Å²) in [5.74, 6) is 0.414. The Balaban J connectivity index is 1.52. The van der Waals surface area contributed by atoms with Gasteiger partial charge in [-0.15, -0.1) is 0 Å². The first-order valence-corrected chi connectivity index (χ1v) is 8.70. The number of hydrogen-bond donors (Lipinski definition) is 1. The van der Waals surface area contributed by atoms with Gasteiger partial charge >= 0.3 is 5.97 Å². The van der Waals surface area contributed by atoms with Crippen LogP contribution in [0.4, 0.5) is 0 Å². The molecule has 1 N–H and O–H groups in total. The van der Waals surface area contributed by atoms with E-state index in [0.717, 1.165) is 30.9 Å². The van der Waals surface area contributed by atoms with Gasteiger partial charge in [-0.2, -0.15) is 0 Å². The maximum Gasteiger partial charge on any atom is 0.355 e. The van der Waals surface area contributed by atoms with Gasteiger partial charge in [0.25, 0.3) is 0 Å². The van der Waals surface area contributed by atoms with Gasteiger partial charge in [-0.25, -0.2) is 4.79 Å². The molecule has 0 amide bonds. The molecule has 2 atom stereocenters. The van der Waals surface area contributed by atoms with Crippen LogP contribution in [0.5, 0.6) is 0 Å². The smallest absolute Gasteiger partial charge is 0.355 e. The fraction of sp³-hybridized carbons (Fsp3) is 0.474. The largest absolute Gasteiger partial charge is 0.469 e. The summed E-state index contributed by atoms with van der Waals surface area (Å²) in [5, 5.41) is 0. The number of carbonyl (C=O) groups is 2. The summed E-state index contributed by atoms with van der Waals surface area (Å²) in [6.45, 7) is 2.77. The summed E-state index contributed by atoms with van der Waals surface area (Å²) in [4.78, 5) is 28.1. The minimum atomic E-state index is -0.426. The number of fused-ring (bicyclic) bond motifs is 1. The second-order valence-electron chi connectivity index (χ2n) is 6.76. The van der Waals surface area contributed by atoms with Crippen LogP contribution < -0.4 is 0 Å². The topological polar surface area (TPSA) is 81.5 Å². The van der Waals surface area contributed by atoms with Gasteiger partial charge in [0.1, 0.15) is 18.1 Å². The molecule has 0 bridgehead atoms. The molecule has 0 aromatic carbocycles. The SMILES string of the molecule is Cc1c(C(=O)OC[C@H]2CCCO2)[nH]c2c1C(=O)C[C@H](c1ccco1)C2. The van der Waals surface area contributed by atoms with E-state index in [-0.39, 0.29) is 24.4 Å². The zero-order valence-electron chi connectivity index (χ0n) is 14.2. The number of furan rings is 1. The monoisotopic (exact) mass is 343 g/mol. The molecule has 2 aromatic heterocycles. The van der Waals surface area contributed by atoms with Crippen LogP contribution in [0.25, 0.3) is 0 Å². The van der Waals surface area contributed by atoms with Crippen LogP contribution in [0.3, 0.4) is 0 Å². The molecule has 0 saturated carbocycles. The van der Waals surface area contributed by atoms with Crippen LogP contribution in [0.15, 0.2) is 22.8 Å². The molecule has 6 heteroatoms. The molecule has 0 unspecified atom stereocenters. The van der Waals surface area contributed by atoms with Gasteiger partial charge in [-0.05, 0) is 43.9 Å². The third-order valence-electron chi connectivity index (χ3n) is 5.06. The number of rotatable bonds is 4. The van der Waals surface area contributed by atoms with Gasteiger partial charge < -0.3 is 18.9 Å². The van der Waals surface area contributed by atoms with E-state index in [1.807, 2.05) is 12.1 Å². The lowest BCUT2D eigenvalue weighted by atomic mass is 9.84. The lowest BCUT2D eigenvalue weighted by molar-refractivity contribution is 0.0156. The van der Waals surface area contributed by atoms with E-state index < -0.39 is 5.97 Å². The molecule has 0 spiro atoms. The number of esters is 1. The van der Waals surface area contributed by atoms with Crippen LogP contribution in [0.2, 0.25) is 0 Å². The molecule has 1 aliphatic heterocycles. The minimum Gasteiger partial charge on any atom is -0.469 e. The molecule has 2 aliphatic rings. The van der Waals surface area contributed by atoms with Crippen molar-refractivity contribution < 1.29 is 23.5 Å². The molecule has 3 heterocycles. The second kappa shape index (κ2) is 6.52. The van der Waals surface area contributed by atoms with Gasteiger partial charge in [0.15, 0.2) is 5.78 Å². The fourth-order valence-electron chi connectivity index (χ4n) is 3.78. The zero-order chi connectivity index (χ0) is 17.4. The number of ether oxygens (including phenoxy) is 2.